The molecule has 4 unspecified atom stereocenters. The van der Waals surface area contributed by atoms with Gasteiger partial charge in [0.05, 0.1) is 43.4 Å². The number of nitrogens with zero attached hydrogens (tertiary/aromatic N) is 5. The molecule has 0 N–H and O–H groups in total. The molecule has 0 spiro atoms. The summed E-state index contributed by atoms with van der Waals surface area (Å²) < 4.78 is 11.0. The Hall–Kier alpha value is -4.02. The second-order valence-electron chi connectivity index (χ2n) is 12.0. The number of carbonyl (C=O) groups excluding carboxylic acids is 3. The quantitative estimate of drug-likeness (QED) is 0.152. The molecule has 5 rings (SSSR count). The second-order valence-corrected chi connectivity index (χ2v) is 12.0. The smallest absolute Gasteiger partial charge is 0.322 e. The van der Waals surface area contributed by atoms with Crippen molar-refractivity contribution in [2.45, 2.75) is 64.1 Å². The van der Waals surface area contributed by atoms with E-state index in [4.69, 9.17) is 19.4 Å². The molecule has 3 aromatic heterocycles. The van der Waals surface area contributed by atoms with E-state index >= 15 is 4.79 Å². The number of ketones is 1. The SMILES string of the molecule is CCCCCCCCN1C(c2ccccn2)C2(C(=O)OC)CN(Cc3ccccn3)CC(C(=O)OC)(C2=O)C1c1ccccn1. The van der Waals surface area contributed by atoms with Gasteiger partial charge in [0, 0.05) is 38.2 Å². The van der Waals surface area contributed by atoms with E-state index in [9.17, 15) is 9.59 Å². The minimum atomic E-state index is -1.78. The van der Waals surface area contributed by atoms with Crippen LogP contribution in [0.5, 0.6) is 0 Å². The van der Waals surface area contributed by atoms with Crippen molar-refractivity contribution in [2.75, 3.05) is 33.9 Å². The predicted molar refractivity (Wildman–Crippen MR) is 167 cm³/mol. The lowest BCUT2D eigenvalue weighted by Crippen LogP contribution is -2.75. The number of esters is 2. The summed E-state index contributed by atoms with van der Waals surface area (Å²) in [6.45, 7) is 3.06. The molecule has 2 bridgehead atoms. The van der Waals surface area contributed by atoms with Gasteiger partial charge in [-0.15, -0.1) is 0 Å². The van der Waals surface area contributed by atoms with Gasteiger partial charge in [-0.1, -0.05) is 57.2 Å². The largest absolute Gasteiger partial charge is 0.468 e. The highest BCUT2D eigenvalue weighted by Crippen LogP contribution is 2.61. The van der Waals surface area contributed by atoms with Crippen molar-refractivity contribution in [3.05, 3.63) is 90.3 Å². The zero-order valence-corrected chi connectivity index (χ0v) is 26.4. The van der Waals surface area contributed by atoms with Crippen molar-refractivity contribution < 1.29 is 23.9 Å². The summed E-state index contributed by atoms with van der Waals surface area (Å²) in [6.07, 6.45) is 11.3. The Morgan fingerprint density at radius 3 is 1.73 bits per heavy atom. The third-order valence-electron chi connectivity index (χ3n) is 9.27. The normalized spacial score (nSPS) is 25.1. The third kappa shape index (κ3) is 6.01. The first-order chi connectivity index (χ1) is 21.9. The fourth-order valence-electron chi connectivity index (χ4n) is 7.43. The Morgan fingerprint density at radius 1 is 0.756 bits per heavy atom. The van der Waals surface area contributed by atoms with E-state index in [2.05, 4.69) is 16.8 Å². The van der Waals surface area contributed by atoms with E-state index < -0.39 is 40.6 Å². The number of rotatable bonds is 13. The van der Waals surface area contributed by atoms with Crippen molar-refractivity contribution in [2.24, 2.45) is 10.8 Å². The van der Waals surface area contributed by atoms with Crippen LogP contribution in [0.15, 0.2) is 73.2 Å². The highest BCUT2D eigenvalue weighted by atomic mass is 16.5. The highest BCUT2D eigenvalue weighted by molar-refractivity contribution is 6.17. The van der Waals surface area contributed by atoms with Crippen LogP contribution in [0.3, 0.4) is 0 Å². The van der Waals surface area contributed by atoms with Crippen LogP contribution in [0, 0.1) is 10.8 Å². The minimum Gasteiger partial charge on any atom is -0.468 e. The van der Waals surface area contributed by atoms with Crippen molar-refractivity contribution in [3.8, 4) is 0 Å². The Morgan fingerprint density at radius 2 is 1.27 bits per heavy atom. The number of carbonyl (C=O) groups is 3. The van der Waals surface area contributed by atoms with Crippen LogP contribution >= 0.6 is 0 Å². The van der Waals surface area contributed by atoms with Crippen LogP contribution in [-0.2, 0) is 30.4 Å². The Kier molecular flexibility index (Phi) is 10.4. The zero-order chi connectivity index (χ0) is 31.9. The minimum absolute atomic E-state index is 0.0248. The average molecular weight is 614 g/mol. The second kappa shape index (κ2) is 14.4. The molecule has 5 heterocycles. The molecule has 0 amide bonds. The number of aromatic nitrogens is 3. The number of methoxy groups -OCH3 is 2. The predicted octanol–water partition coefficient (Wildman–Crippen LogP) is 4.73. The summed E-state index contributed by atoms with van der Waals surface area (Å²) in [5, 5.41) is 0. The summed E-state index contributed by atoms with van der Waals surface area (Å²) in [5.74, 6) is -1.92. The van der Waals surface area contributed by atoms with Crippen LogP contribution in [0.25, 0.3) is 0 Å². The molecule has 3 aromatic rings. The average Bonchev–Trinajstić information content (AvgIpc) is 3.08. The maximum atomic E-state index is 15.3. The van der Waals surface area contributed by atoms with Crippen molar-refractivity contribution in [3.63, 3.8) is 0 Å². The van der Waals surface area contributed by atoms with Gasteiger partial charge in [0.2, 0.25) is 0 Å². The fraction of sp³-hybridized carbons (Fsp3) is 0.486. The number of hydrogen-bond donors (Lipinski definition) is 0. The van der Waals surface area contributed by atoms with Gasteiger partial charge in [0.25, 0.3) is 0 Å². The molecular weight excluding hydrogens is 570 g/mol. The molecule has 2 fully saturated rings. The molecule has 2 aliphatic heterocycles. The number of likely N-dealkylation sites (tertiary alicyclic amines) is 2. The van der Waals surface area contributed by atoms with Gasteiger partial charge >= 0.3 is 11.9 Å². The summed E-state index contributed by atoms with van der Waals surface area (Å²) in [7, 11) is 2.58. The van der Waals surface area contributed by atoms with Crippen molar-refractivity contribution in [1.29, 1.82) is 0 Å². The van der Waals surface area contributed by atoms with E-state index in [1.54, 1.807) is 30.7 Å². The molecule has 0 saturated carbocycles. The summed E-state index contributed by atoms with van der Waals surface area (Å²) in [6, 6.07) is 15.0. The van der Waals surface area contributed by atoms with E-state index in [0.29, 0.717) is 24.5 Å². The molecule has 4 atom stereocenters. The van der Waals surface area contributed by atoms with E-state index in [1.165, 1.54) is 20.6 Å². The third-order valence-corrected chi connectivity index (χ3v) is 9.27. The van der Waals surface area contributed by atoms with Gasteiger partial charge < -0.3 is 9.47 Å². The molecule has 45 heavy (non-hydrogen) atoms. The Labute approximate surface area is 265 Å². The van der Waals surface area contributed by atoms with Crippen LogP contribution in [0.2, 0.25) is 0 Å². The number of unbranched alkanes of at least 4 members (excludes halogenated alkanes) is 5. The molecule has 2 aliphatic rings. The van der Waals surface area contributed by atoms with Crippen LogP contribution in [0.4, 0.5) is 0 Å². The summed E-state index contributed by atoms with van der Waals surface area (Å²) in [5.41, 5.74) is -1.70. The van der Waals surface area contributed by atoms with Gasteiger partial charge in [-0.2, -0.15) is 0 Å². The molecular formula is C35H43N5O5. The number of hydrogen-bond acceptors (Lipinski definition) is 10. The standard InChI is InChI=1S/C35H43N5O5/c1-4-5-6-7-8-15-22-40-29(27-17-10-13-20-37-27)34(32(42)44-2)24-39(23-26-16-9-12-19-36-26)25-35(31(34)41,33(43)45-3)30(40)28-18-11-14-21-38-28/h9-14,16-21,29-30H,4-8,15,22-25H2,1-3H3. The number of piperidine rings is 2. The van der Waals surface area contributed by atoms with Gasteiger partial charge in [0.1, 0.15) is 0 Å². The number of Topliss-reactive ketones (excluding diaryl/α,β-unsaturated/α-hetero) is 1. The number of fused-ring (bicyclic) bond motifs is 2. The molecule has 0 radical (unpaired) electrons. The summed E-state index contributed by atoms with van der Waals surface area (Å²) in [4.78, 5) is 61.9. The molecule has 10 nitrogen and oxygen atoms in total. The van der Waals surface area contributed by atoms with E-state index in [1.807, 2.05) is 47.4 Å². The van der Waals surface area contributed by atoms with Crippen LogP contribution in [0.1, 0.15) is 74.6 Å². The van der Waals surface area contributed by atoms with Crippen molar-refractivity contribution in [1.82, 2.24) is 24.8 Å². The van der Waals surface area contributed by atoms with Gasteiger partial charge in [-0.05, 0) is 49.4 Å². The maximum Gasteiger partial charge on any atom is 0.322 e. The van der Waals surface area contributed by atoms with Crippen molar-refractivity contribution >= 4 is 17.7 Å². The first kappa shape index (κ1) is 32.4. The number of ether oxygens (including phenoxy) is 2. The maximum absolute atomic E-state index is 15.3. The van der Waals surface area contributed by atoms with E-state index in [-0.39, 0.29) is 13.1 Å². The molecule has 238 valence electrons. The lowest BCUT2D eigenvalue weighted by Gasteiger charge is -2.61. The van der Waals surface area contributed by atoms with E-state index in [0.717, 1.165) is 37.8 Å². The monoisotopic (exact) mass is 613 g/mol. The fourth-order valence-corrected chi connectivity index (χ4v) is 7.43. The molecule has 0 aromatic carbocycles. The molecule has 2 saturated heterocycles. The highest BCUT2D eigenvalue weighted by Gasteiger charge is 2.75. The van der Waals surface area contributed by atoms with Crippen LogP contribution in [-0.4, -0.2) is 76.3 Å². The zero-order valence-electron chi connectivity index (χ0n) is 26.4. The topological polar surface area (TPSA) is 115 Å². The molecule has 10 heteroatoms. The molecule has 0 aliphatic carbocycles. The number of pyridine rings is 3. The first-order valence-corrected chi connectivity index (χ1v) is 15.9. The lowest BCUT2D eigenvalue weighted by atomic mass is 9.54. The lowest BCUT2D eigenvalue weighted by molar-refractivity contribution is -0.206. The van der Waals surface area contributed by atoms with Gasteiger partial charge in [-0.3, -0.25) is 39.1 Å². The van der Waals surface area contributed by atoms with Gasteiger partial charge in [-0.25, -0.2) is 0 Å². The Bertz CT molecular complexity index is 1360. The summed E-state index contributed by atoms with van der Waals surface area (Å²) >= 11 is 0. The van der Waals surface area contributed by atoms with Crippen LogP contribution < -0.4 is 0 Å². The van der Waals surface area contributed by atoms with Gasteiger partial charge in [0.15, 0.2) is 16.6 Å². The Balaban J connectivity index is 1.74. The first-order valence-electron chi connectivity index (χ1n) is 15.9.